The second-order valence-electron chi connectivity index (χ2n) is 8.34. The number of hydrogen-bond acceptors (Lipinski definition) is 4. The number of pyridine rings is 1. The van der Waals surface area contributed by atoms with Gasteiger partial charge in [0.05, 0.1) is 17.4 Å². The van der Waals surface area contributed by atoms with Gasteiger partial charge in [0.2, 0.25) is 5.92 Å². The zero-order valence-electron chi connectivity index (χ0n) is 17.0. The number of nitrogens with one attached hydrogen (secondary N) is 2. The van der Waals surface area contributed by atoms with Crippen molar-refractivity contribution in [2.24, 2.45) is 11.8 Å². The molecule has 160 valence electrons. The maximum Gasteiger partial charge on any atom is 0.408 e. The Hall–Kier alpha value is -2.70. The molecule has 1 aliphatic heterocycles. The first-order valence-corrected chi connectivity index (χ1v) is 10.5. The summed E-state index contributed by atoms with van der Waals surface area (Å²) in [6.45, 7) is 2.21. The van der Waals surface area contributed by atoms with Gasteiger partial charge in [0.25, 0.3) is 0 Å². The van der Waals surface area contributed by atoms with Crippen molar-refractivity contribution >= 4 is 11.8 Å². The molecule has 1 saturated carbocycles. The number of alkyl halides is 2. The van der Waals surface area contributed by atoms with E-state index in [1.807, 2.05) is 49.4 Å². The molecule has 0 spiro atoms. The van der Waals surface area contributed by atoms with Gasteiger partial charge in [-0.25, -0.2) is 13.6 Å². The van der Waals surface area contributed by atoms with Crippen LogP contribution in [0.1, 0.15) is 49.9 Å². The lowest BCUT2D eigenvalue weighted by Crippen LogP contribution is -2.48. The third-order valence-electron chi connectivity index (χ3n) is 6.30. The van der Waals surface area contributed by atoms with Gasteiger partial charge in [-0.1, -0.05) is 37.3 Å². The first kappa shape index (κ1) is 20.6. The molecule has 0 radical (unpaired) electrons. The zero-order chi connectivity index (χ0) is 21.1. The largest absolute Gasteiger partial charge is 0.445 e. The minimum Gasteiger partial charge on any atom is -0.445 e. The number of aromatic nitrogens is 1. The highest BCUT2D eigenvalue weighted by Crippen LogP contribution is 2.44. The number of amides is 1. The number of rotatable bonds is 4. The maximum absolute atomic E-state index is 13.7. The standard InChI is InChI=1S/C23H27F2N3O2/c1-15-19(17-9-11-23(24,25)12-10-17)27-18-8-5-13-26-21(18)20(15)28-22(29)30-14-16-6-3-2-4-7-16/h2-8,13,15,17,19-20,27H,9-12,14H2,1H3,(H,28,29)/t15-,19?,20+/m0/s1. The summed E-state index contributed by atoms with van der Waals surface area (Å²) in [4.78, 5) is 17.0. The molecule has 1 aromatic carbocycles. The van der Waals surface area contributed by atoms with E-state index in [2.05, 4.69) is 15.6 Å². The van der Waals surface area contributed by atoms with Crippen molar-refractivity contribution in [3.63, 3.8) is 0 Å². The first-order chi connectivity index (χ1) is 14.4. The number of hydrogen-bond donors (Lipinski definition) is 2. The highest BCUT2D eigenvalue weighted by Gasteiger charge is 2.43. The molecule has 7 heteroatoms. The summed E-state index contributed by atoms with van der Waals surface area (Å²) in [7, 11) is 0. The topological polar surface area (TPSA) is 63.2 Å². The van der Waals surface area contributed by atoms with Gasteiger partial charge in [-0.3, -0.25) is 4.98 Å². The number of alkyl carbamates (subject to hydrolysis) is 1. The van der Waals surface area contributed by atoms with Crippen molar-refractivity contribution in [2.45, 2.75) is 57.2 Å². The average molecular weight is 415 g/mol. The van der Waals surface area contributed by atoms with Crippen LogP contribution in [0.3, 0.4) is 0 Å². The molecule has 3 atom stereocenters. The number of fused-ring (bicyclic) bond motifs is 1. The van der Waals surface area contributed by atoms with Gasteiger partial charge in [-0.05, 0) is 36.5 Å². The molecule has 1 unspecified atom stereocenters. The quantitative estimate of drug-likeness (QED) is 0.711. The van der Waals surface area contributed by atoms with E-state index in [4.69, 9.17) is 4.74 Å². The van der Waals surface area contributed by atoms with Crippen LogP contribution < -0.4 is 10.6 Å². The van der Waals surface area contributed by atoms with Crippen LogP contribution in [0.2, 0.25) is 0 Å². The Bertz CT molecular complexity index is 868. The van der Waals surface area contributed by atoms with Gasteiger partial charge in [-0.15, -0.1) is 0 Å². The molecule has 5 nitrogen and oxygen atoms in total. The lowest BCUT2D eigenvalue weighted by Gasteiger charge is -2.44. The summed E-state index contributed by atoms with van der Waals surface area (Å²) in [5.41, 5.74) is 2.50. The Morgan fingerprint density at radius 2 is 1.93 bits per heavy atom. The number of carbonyl (C=O) groups excluding carboxylic acids is 1. The number of benzene rings is 1. The third kappa shape index (κ3) is 4.55. The first-order valence-electron chi connectivity index (χ1n) is 10.5. The molecule has 1 aromatic heterocycles. The van der Waals surface area contributed by atoms with Crippen molar-refractivity contribution in [2.75, 3.05) is 5.32 Å². The van der Waals surface area contributed by atoms with Gasteiger partial charge >= 0.3 is 6.09 Å². The van der Waals surface area contributed by atoms with Gasteiger partial charge in [0.1, 0.15) is 6.61 Å². The van der Waals surface area contributed by atoms with Gasteiger partial charge in [-0.2, -0.15) is 0 Å². The van der Waals surface area contributed by atoms with Crippen LogP contribution in [0.15, 0.2) is 48.7 Å². The normalized spacial score (nSPS) is 25.6. The van der Waals surface area contributed by atoms with Crippen molar-refractivity contribution in [3.05, 3.63) is 59.9 Å². The molecule has 2 heterocycles. The summed E-state index contributed by atoms with van der Waals surface area (Å²) >= 11 is 0. The van der Waals surface area contributed by atoms with Crippen molar-refractivity contribution in [1.82, 2.24) is 10.3 Å². The SMILES string of the molecule is C[C@H]1C(C2CCC(F)(F)CC2)Nc2cccnc2[C@@H]1NC(=O)OCc1ccccc1. The Kier molecular flexibility index (Phi) is 5.88. The molecule has 0 bridgehead atoms. The Labute approximate surface area is 175 Å². The Balaban J connectivity index is 1.47. The fourth-order valence-electron chi connectivity index (χ4n) is 4.62. The fourth-order valence-corrected chi connectivity index (χ4v) is 4.62. The van der Waals surface area contributed by atoms with Crippen LogP contribution >= 0.6 is 0 Å². The summed E-state index contributed by atoms with van der Waals surface area (Å²) in [6, 6.07) is 12.9. The molecule has 1 aliphatic carbocycles. The predicted molar refractivity (Wildman–Crippen MR) is 110 cm³/mol. The molecule has 1 amide bonds. The third-order valence-corrected chi connectivity index (χ3v) is 6.30. The summed E-state index contributed by atoms with van der Waals surface area (Å²) in [5.74, 6) is -2.46. The van der Waals surface area contributed by atoms with E-state index < -0.39 is 12.0 Å². The second kappa shape index (κ2) is 8.58. The summed E-state index contributed by atoms with van der Waals surface area (Å²) < 4.78 is 32.7. The molecule has 30 heavy (non-hydrogen) atoms. The highest BCUT2D eigenvalue weighted by atomic mass is 19.3. The number of ether oxygens (including phenoxy) is 1. The minimum atomic E-state index is -2.56. The van der Waals surface area contributed by atoms with E-state index in [0.29, 0.717) is 12.8 Å². The van der Waals surface area contributed by atoms with Crippen LogP contribution in [0.25, 0.3) is 0 Å². The number of anilines is 1. The van der Waals surface area contributed by atoms with Gasteiger partial charge in [0.15, 0.2) is 0 Å². The monoisotopic (exact) mass is 415 g/mol. The molecular formula is C23H27F2N3O2. The second-order valence-corrected chi connectivity index (χ2v) is 8.34. The van der Waals surface area contributed by atoms with E-state index >= 15 is 0 Å². The van der Waals surface area contributed by atoms with Crippen molar-refractivity contribution < 1.29 is 18.3 Å². The molecule has 4 rings (SSSR count). The van der Waals surface area contributed by atoms with Gasteiger partial charge < -0.3 is 15.4 Å². The Morgan fingerprint density at radius 1 is 1.20 bits per heavy atom. The van der Waals surface area contributed by atoms with E-state index in [9.17, 15) is 13.6 Å². The number of carbonyl (C=O) groups is 1. The molecular weight excluding hydrogens is 388 g/mol. The predicted octanol–water partition coefficient (Wildman–Crippen LogP) is 5.30. The number of halogens is 2. The Morgan fingerprint density at radius 3 is 2.67 bits per heavy atom. The molecule has 2 aliphatic rings. The van der Waals surface area contributed by atoms with E-state index in [1.54, 1.807) is 6.20 Å². The zero-order valence-corrected chi connectivity index (χ0v) is 17.0. The van der Waals surface area contributed by atoms with E-state index in [-0.39, 0.29) is 43.4 Å². The summed E-state index contributed by atoms with van der Waals surface area (Å²) in [5, 5.41) is 6.47. The smallest absolute Gasteiger partial charge is 0.408 e. The van der Waals surface area contributed by atoms with Crippen LogP contribution in [-0.4, -0.2) is 23.0 Å². The average Bonchev–Trinajstić information content (AvgIpc) is 2.75. The minimum absolute atomic E-state index is 0.0165. The molecule has 1 fully saturated rings. The highest BCUT2D eigenvalue weighted by molar-refractivity contribution is 5.69. The fraction of sp³-hybridized carbons (Fsp3) is 0.478. The van der Waals surface area contributed by atoms with E-state index in [0.717, 1.165) is 16.9 Å². The van der Waals surface area contributed by atoms with Crippen molar-refractivity contribution in [3.8, 4) is 0 Å². The van der Waals surface area contributed by atoms with Crippen LogP contribution in [0.4, 0.5) is 19.3 Å². The summed E-state index contributed by atoms with van der Waals surface area (Å²) in [6.07, 6.45) is 1.95. The van der Waals surface area contributed by atoms with Crippen LogP contribution in [0.5, 0.6) is 0 Å². The lowest BCUT2D eigenvalue weighted by molar-refractivity contribution is -0.0498. The van der Waals surface area contributed by atoms with Crippen LogP contribution in [-0.2, 0) is 11.3 Å². The van der Waals surface area contributed by atoms with Crippen LogP contribution in [0, 0.1) is 11.8 Å². The van der Waals surface area contributed by atoms with Gasteiger partial charge in [0, 0.05) is 31.0 Å². The number of nitrogens with zero attached hydrogens (tertiary/aromatic N) is 1. The molecule has 2 N–H and O–H groups in total. The molecule has 2 aromatic rings. The van der Waals surface area contributed by atoms with Crippen molar-refractivity contribution in [1.29, 1.82) is 0 Å². The molecule has 0 saturated heterocycles. The lowest BCUT2D eigenvalue weighted by atomic mass is 9.73. The maximum atomic E-state index is 13.7. The van der Waals surface area contributed by atoms with E-state index in [1.165, 1.54) is 0 Å².